The minimum absolute atomic E-state index is 0.378. The quantitative estimate of drug-likeness (QED) is 0.402. The zero-order valence-electron chi connectivity index (χ0n) is 21.3. The SMILES string of the molecule is Cc1ccc(Oc2ccc(Nc3ncnc4c3C=C(CNC(=O)OC(C)(C)C)CCN4)cc2C)cn1. The largest absolute Gasteiger partial charge is 0.455 e. The van der Waals surface area contributed by atoms with Gasteiger partial charge in [0, 0.05) is 24.5 Å². The fourth-order valence-corrected chi connectivity index (χ4v) is 3.65. The van der Waals surface area contributed by atoms with Crippen LogP contribution in [0.2, 0.25) is 0 Å². The van der Waals surface area contributed by atoms with E-state index in [1.807, 2.05) is 71.0 Å². The first-order valence-electron chi connectivity index (χ1n) is 11.9. The van der Waals surface area contributed by atoms with E-state index in [9.17, 15) is 4.79 Å². The molecule has 1 aliphatic rings. The summed E-state index contributed by atoms with van der Waals surface area (Å²) in [7, 11) is 0. The van der Waals surface area contributed by atoms with E-state index in [4.69, 9.17) is 9.47 Å². The Labute approximate surface area is 211 Å². The molecular weight excluding hydrogens is 456 g/mol. The number of benzene rings is 1. The average Bonchev–Trinajstić information content (AvgIpc) is 3.03. The highest BCUT2D eigenvalue weighted by Crippen LogP contribution is 2.31. The lowest BCUT2D eigenvalue weighted by Crippen LogP contribution is -2.33. The minimum atomic E-state index is -0.545. The number of alkyl carbamates (subject to hydrolysis) is 1. The van der Waals surface area contributed by atoms with Crippen LogP contribution < -0.4 is 20.7 Å². The van der Waals surface area contributed by atoms with E-state index in [0.29, 0.717) is 24.7 Å². The van der Waals surface area contributed by atoms with Gasteiger partial charge in [-0.2, -0.15) is 0 Å². The Morgan fingerprint density at radius 3 is 2.67 bits per heavy atom. The highest BCUT2D eigenvalue weighted by Gasteiger charge is 2.18. The molecule has 4 rings (SSSR count). The van der Waals surface area contributed by atoms with Crippen LogP contribution in [0.3, 0.4) is 0 Å². The minimum Gasteiger partial charge on any atom is -0.455 e. The Bertz CT molecular complexity index is 1270. The van der Waals surface area contributed by atoms with Crippen LogP contribution in [0.5, 0.6) is 11.5 Å². The summed E-state index contributed by atoms with van der Waals surface area (Å²) in [4.78, 5) is 25.3. The molecule has 36 heavy (non-hydrogen) atoms. The molecule has 0 unspecified atom stereocenters. The number of aryl methyl sites for hydroxylation is 2. The molecule has 3 heterocycles. The van der Waals surface area contributed by atoms with Crippen molar-refractivity contribution in [2.45, 2.75) is 46.6 Å². The van der Waals surface area contributed by atoms with E-state index >= 15 is 0 Å². The summed E-state index contributed by atoms with van der Waals surface area (Å²) in [5.41, 5.74) is 4.10. The number of anilines is 3. The van der Waals surface area contributed by atoms with Crippen molar-refractivity contribution in [1.29, 1.82) is 0 Å². The third-order valence-electron chi connectivity index (χ3n) is 5.38. The number of carbonyl (C=O) groups is 1. The second-order valence-electron chi connectivity index (χ2n) is 9.66. The van der Waals surface area contributed by atoms with Gasteiger partial charge in [-0.1, -0.05) is 0 Å². The standard InChI is InChI=1S/C27H32N6O3/c1-17-12-20(7-9-23(17)35-21-8-6-18(2)29-15-21)33-25-22-13-19(10-11-28-24(22)31-16-32-25)14-30-26(34)36-27(3,4)5/h6-9,12-13,15-16H,10-11,14H2,1-5H3,(H,30,34)(H2,28,31,32,33). The lowest BCUT2D eigenvalue weighted by molar-refractivity contribution is 0.0532. The van der Waals surface area contributed by atoms with Crippen molar-refractivity contribution >= 4 is 29.5 Å². The van der Waals surface area contributed by atoms with Gasteiger partial charge in [-0.3, -0.25) is 4.98 Å². The van der Waals surface area contributed by atoms with Gasteiger partial charge in [0.25, 0.3) is 0 Å². The monoisotopic (exact) mass is 488 g/mol. The van der Waals surface area contributed by atoms with Crippen LogP contribution in [0.1, 0.15) is 44.0 Å². The zero-order chi connectivity index (χ0) is 25.7. The van der Waals surface area contributed by atoms with E-state index in [1.54, 1.807) is 6.20 Å². The number of ether oxygens (including phenoxy) is 2. The van der Waals surface area contributed by atoms with Gasteiger partial charge in [0.1, 0.15) is 35.1 Å². The van der Waals surface area contributed by atoms with Crippen LogP contribution in [-0.4, -0.2) is 39.7 Å². The van der Waals surface area contributed by atoms with Crippen LogP contribution in [-0.2, 0) is 4.74 Å². The highest BCUT2D eigenvalue weighted by molar-refractivity contribution is 5.78. The van der Waals surface area contributed by atoms with E-state index in [0.717, 1.165) is 46.1 Å². The van der Waals surface area contributed by atoms with Crippen molar-refractivity contribution in [2.24, 2.45) is 0 Å². The first kappa shape index (κ1) is 25.0. The summed E-state index contributed by atoms with van der Waals surface area (Å²) < 4.78 is 11.3. The van der Waals surface area contributed by atoms with Gasteiger partial charge >= 0.3 is 6.09 Å². The van der Waals surface area contributed by atoms with Crippen molar-refractivity contribution in [3.63, 3.8) is 0 Å². The summed E-state index contributed by atoms with van der Waals surface area (Å²) in [6.45, 7) is 10.5. The van der Waals surface area contributed by atoms with E-state index in [-0.39, 0.29) is 0 Å². The predicted molar refractivity (Wildman–Crippen MR) is 141 cm³/mol. The fourth-order valence-electron chi connectivity index (χ4n) is 3.65. The molecule has 0 bridgehead atoms. The number of fused-ring (bicyclic) bond motifs is 1. The van der Waals surface area contributed by atoms with Gasteiger partial charge < -0.3 is 25.4 Å². The number of amides is 1. The molecule has 1 amide bonds. The molecule has 0 spiro atoms. The molecule has 0 radical (unpaired) electrons. The molecule has 2 aromatic heterocycles. The predicted octanol–water partition coefficient (Wildman–Crippen LogP) is 5.75. The Kier molecular flexibility index (Phi) is 7.38. The van der Waals surface area contributed by atoms with Gasteiger partial charge in [-0.15, -0.1) is 0 Å². The maximum absolute atomic E-state index is 12.1. The maximum atomic E-state index is 12.1. The molecule has 0 aliphatic carbocycles. The van der Waals surface area contributed by atoms with Crippen molar-refractivity contribution in [3.8, 4) is 11.5 Å². The summed E-state index contributed by atoms with van der Waals surface area (Å²) in [5.74, 6) is 2.85. The third-order valence-corrected chi connectivity index (χ3v) is 5.38. The van der Waals surface area contributed by atoms with Crippen molar-refractivity contribution in [2.75, 3.05) is 23.7 Å². The number of nitrogens with zero attached hydrogens (tertiary/aromatic N) is 3. The van der Waals surface area contributed by atoms with Crippen LogP contribution in [0, 0.1) is 13.8 Å². The van der Waals surface area contributed by atoms with E-state index in [2.05, 4.69) is 30.9 Å². The molecule has 0 saturated carbocycles. The Hall–Kier alpha value is -4.14. The van der Waals surface area contributed by atoms with Crippen LogP contribution in [0.4, 0.5) is 22.1 Å². The number of rotatable bonds is 6. The molecule has 1 aliphatic heterocycles. The van der Waals surface area contributed by atoms with Gasteiger partial charge in [-0.25, -0.2) is 14.8 Å². The van der Waals surface area contributed by atoms with Crippen LogP contribution in [0.25, 0.3) is 6.08 Å². The molecule has 1 aromatic carbocycles. The molecule has 0 saturated heterocycles. The first-order chi connectivity index (χ1) is 17.2. The molecule has 3 aromatic rings. The number of pyridine rings is 1. The topological polar surface area (TPSA) is 110 Å². The van der Waals surface area contributed by atoms with Crippen LogP contribution in [0.15, 0.2) is 48.4 Å². The Morgan fingerprint density at radius 2 is 1.94 bits per heavy atom. The molecule has 188 valence electrons. The van der Waals surface area contributed by atoms with Gasteiger partial charge in [0.15, 0.2) is 0 Å². The first-order valence-corrected chi connectivity index (χ1v) is 11.9. The molecule has 9 nitrogen and oxygen atoms in total. The van der Waals surface area contributed by atoms with Crippen molar-refractivity contribution in [1.82, 2.24) is 20.3 Å². The molecule has 9 heteroatoms. The second kappa shape index (κ2) is 10.6. The summed E-state index contributed by atoms with van der Waals surface area (Å²) >= 11 is 0. The molecule has 0 fully saturated rings. The Morgan fingerprint density at radius 1 is 1.11 bits per heavy atom. The summed E-state index contributed by atoms with van der Waals surface area (Å²) in [6, 6.07) is 9.68. The van der Waals surface area contributed by atoms with Crippen molar-refractivity contribution < 1.29 is 14.3 Å². The molecule has 0 atom stereocenters. The molecule has 3 N–H and O–H groups in total. The number of nitrogens with one attached hydrogen (secondary N) is 3. The third kappa shape index (κ3) is 6.71. The smallest absolute Gasteiger partial charge is 0.407 e. The average molecular weight is 489 g/mol. The number of hydrogen-bond acceptors (Lipinski definition) is 8. The summed E-state index contributed by atoms with van der Waals surface area (Å²) in [6.07, 6.45) is 5.57. The Balaban J connectivity index is 1.50. The van der Waals surface area contributed by atoms with Gasteiger partial charge in [0.05, 0.1) is 11.8 Å². The van der Waals surface area contributed by atoms with Gasteiger partial charge in [-0.05, 0) is 88.6 Å². The lowest BCUT2D eigenvalue weighted by Gasteiger charge is -2.20. The second-order valence-corrected chi connectivity index (χ2v) is 9.66. The number of hydrogen-bond donors (Lipinski definition) is 3. The fraction of sp³-hybridized carbons (Fsp3) is 0.333. The van der Waals surface area contributed by atoms with Crippen molar-refractivity contribution in [3.05, 3.63) is 65.2 Å². The molecular formula is C27H32N6O3. The zero-order valence-corrected chi connectivity index (χ0v) is 21.3. The normalized spacial score (nSPS) is 13.0. The van der Waals surface area contributed by atoms with E-state index < -0.39 is 11.7 Å². The highest BCUT2D eigenvalue weighted by atomic mass is 16.6. The van der Waals surface area contributed by atoms with Crippen LogP contribution >= 0.6 is 0 Å². The maximum Gasteiger partial charge on any atom is 0.407 e. The lowest BCUT2D eigenvalue weighted by atomic mass is 10.1. The summed E-state index contributed by atoms with van der Waals surface area (Å²) in [5, 5.41) is 9.58. The number of carbonyl (C=O) groups excluding carboxylic acids is 1. The van der Waals surface area contributed by atoms with E-state index in [1.165, 1.54) is 6.33 Å². The number of aromatic nitrogens is 3. The van der Waals surface area contributed by atoms with Gasteiger partial charge in [0.2, 0.25) is 0 Å².